The Morgan fingerprint density at radius 3 is 3.19 bits per heavy atom. The van der Waals surface area contributed by atoms with Crippen LogP contribution in [0.5, 0.6) is 0 Å². The summed E-state index contributed by atoms with van der Waals surface area (Å²) in [4.78, 5) is 13.7. The van der Waals surface area contributed by atoms with Crippen molar-refractivity contribution in [1.29, 1.82) is 0 Å². The summed E-state index contributed by atoms with van der Waals surface area (Å²) in [6.45, 7) is 1.80. The van der Waals surface area contributed by atoms with Crippen LogP contribution in [0.15, 0.2) is 18.5 Å². The molecule has 1 unspecified atom stereocenters. The summed E-state index contributed by atoms with van der Waals surface area (Å²) in [6.07, 6.45) is 5.81. The highest BCUT2D eigenvalue weighted by atomic mass is 16.5. The fourth-order valence-electron chi connectivity index (χ4n) is 2.18. The monoisotopic (exact) mass is 223 g/mol. The van der Waals surface area contributed by atoms with Crippen LogP contribution in [0.25, 0.3) is 0 Å². The minimum Gasteiger partial charge on any atom is -0.375 e. The van der Waals surface area contributed by atoms with E-state index >= 15 is 0 Å². The maximum atomic E-state index is 11.8. The van der Waals surface area contributed by atoms with Crippen molar-refractivity contribution >= 4 is 5.91 Å². The first-order valence-corrected chi connectivity index (χ1v) is 5.57. The van der Waals surface area contributed by atoms with Gasteiger partial charge < -0.3 is 9.64 Å². The molecule has 1 aromatic heterocycles. The maximum absolute atomic E-state index is 11.8. The molecule has 1 aliphatic heterocycles. The summed E-state index contributed by atoms with van der Waals surface area (Å²) < 4.78 is 6.76. The van der Waals surface area contributed by atoms with E-state index in [1.165, 1.54) is 0 Å². The lowest BCUT2D eigenvalue weighted by atomic mass is 10.2. The Morgan fingerprint density at radius 1 is 1.62 bits per heavy atom. The average Bonchev–Trinajstić information content (AvgIpc) is 2.90. The molecule has 0 aliphatic carbocycles. The molecule has 1 saturated heterocycles. The van der Waals surface area contributed by atoms with Crippen LogP contribution >= 0.6 is 0 Å². The van der Waals surface area contributed by atoms with Crippen molar-refractivity contribution in [3.8, 4) is 0 Å². The zero-order valence-corrected chi connectivity index (χ0v) is 9.50. The van der Waals surface area contributed by atoms with Gasteiger partial charge in [0.15, 0.2) is 0 Å². The van der Waals surface area contributed by atoms with Crippen molar-refractivity contribution in [2.45, 2.75) is 25.4 Å². The van der Waals surface area contributed by atoms with Crippen LogP contribution in [0, 0.1) is 0 Å². The summed E-state index contributed by atoms with van der Waals surface area (Å²) in [7, 11) is 1.55. The molecule has 0 aromatic carbocycles. The highest BCUT2D eigenvalue weighted by molar-refractivity contribution is 5.78. The molecular weight excluding hydrogens is 206 g/mol. The molecule has 0 spiro atoms. The molecule has 1 amide bonds. The predicted molar refractivity (Wildman–Crippen MR) is 58.8 cm³/mol. The lowest BCUT2D eigenvalue weighted by Gasteiger charge is -2.24. The Kier molecular flexibility index (Phi) is 3.56. The van der Waals surface area contributed by atoms with Gasteiger partial charge in [-0.2, -0.15) is 5.10 Å². The van der Waals surface area contributed by atoms with E-state index in [-0.39, 0.29) is 18.6 Å². The lowest BCUT2D eigenvalue weighted by Crippen LogP contribution is -2.40. The number of nitrogens with zero attached hydrogens (tertiary/aromatic N) is 3. The average molecular weight is 223 g/mol. The van der Waals surface area contributed by atoms with Crippen molar-refractivity contribution in [1.82, 2.24) is 14.7 Å². The van der Waals surface area contributed by atoms with Gasteiger partial charge in [-0.05, 0) is 18.9 Å². The smallest absolute Gasteiger partial charge is 0.248 e. The second-order valence-corrected chi connectivity index (χ2v) is 4.04. The molecule has 2 rings (SSSR count). The quantitative estimate of drug-likeness (QED) is 0.747. The first-order chi connectivity index (χ1) is 7.81. The van der Waals surface area contributed by atoms with E-state index in [4.69, 9.17) is 4.74 Å². The number of amides is 1. The molecule has 0 bridgehead atoms. The Labute approximate surface area is 95.0 Å². The molecule has 2 heterocycles. The van der Waals surface area contributed by atoms with E-state index in [0.29, 0.717) is 0 Å². The van der Waals surface area contributed by atoms with Crippen molar-refractivity contribution in [3.63, 3.8) is 0 Å². The number of carbonyl (C=O) groups excluding carboxylic acids is 1. The van der Waals surface area contributed by atoms with Gasteiger partial charge >= 0.3 is 0 Å². The second kappa shape index (κ2) is 5.12. The van der Waals surface area contributed by atoms with Crippen molar-refractivity contribution in [2.24, 2.45) is 0 Å². The minimum absolute atomic E-state index is 0.0807. The largest absolute Gasteiger partial charge is 0.375 e. The van der Waals surface area contributed by atoms with Gasteiger partial charge in [0.2, 0.25) is 5.91 Å². The van der Waals surface area contributed by atoms with E-state index in [1.807, 2.05) is 21.8 Å². The third-order valence-corrected chi connectivity index (χ3v) is 2.92. The van der Waals surface area contributed by atoms with Crippen LogP contribution in [0.2, 0.25) is 0 Å². The van der Waals surface area contributed by atoms with Gasteiger partial charge in [0, 0.05) is 26.0 Å². The van der Waals surface area contributed by atoms with Crippen molar-refractivity contribution in [2.75, 3.05) is 20.3 Å². The Morgan fingerprint density at radius 2 is 2.50 bits per heavy atom. The molecule has 1 fully saturated rings. The zero-order valence-electron chi connectivity index (χ0n) is 9.50. The molecule has 1 atom stereocenters. The van der Waals surface area contributed by atoms with Gasteiger partial charge in [0.25, 0.3) is 0 Å². The lowest BCUT2D eigenvalue weighted by molar-refractivity contribution is -0.136. The fourth-order valence-corrected chi connectivity index (χ4v) is 2.18. The van der Waals surface area contributed by atoms with E-state index in [1.54, 1.807) is 13.3 Å². The summed E-state index contributed by atoms with van der Waals surface area (Å²) in [6, 6.07) is 2.17. The number of hydrogen-bond donors (Lipinski definition) is 0. The van der Waals surface area contributed by atoms with Crippen LogP contribution in [0.4, 0.5) is 0 Å². The molecule has 16 heavy (non-hydrogen) atoms. The van der Waals surface area contributed by atoms with Crippen LogP contribution in [0.1, 0.15) is 12.8 Å². The normalized spacial score (nSPS) is 20.3. The standard InChI is InChI=1S/C11H17N3O2/c1-16-9-11(15)14-7-2-4-10(14)8-13-6-3-5-12-13/h3,5-6,10H,2,4,7-9H2,1H3. The first kappa shape index (κ1) is 11.1. The third-order valence-electron chi connectivity index (χ3n) is 2.92. The van der Waals surface area contributed by atoms with Gasteiger partial charge in [-0.15, -0.1) is 0 Å². The van der Waals surface area contributed by atoms with E-state index < -0.39 is 0 Å². The van der Waals surface area contributed by atoms with Gasteiger partial charge in [0.05, 0.1) is 12.6 Å². The Balaban J connectivity index is 1.95. The fraction of sp³-hybridized carbons (Fsp3) is 0.636. The number of rotatable bonds is 4. The van der Waals surface area contributed by atoms with E-state index in [2.05, 4.69) is 5.10 Å². The third kappa shape index (κ3) is 2.41. The summed E-state index contributed by atoms with van der Waals surface area (Å²) in [5, 5.41) is 4.17. The van der Waals surface area contributed by atoms with Gasteiger partial charge in [-0.1, -0.05) is 0 Å². The van der Waals surface area contributed by atoms with E-state index in [9.17, 15) is 4.79 Å². The topological polar surface area (TPSA) is 47.4 Å². The molecule has 0 N–H and O–H groups in total. The van der Waals surface area contributed by atoms with Crippen LogP contribution < -0.4 is 0 Å². The Hall–Kier alpha value is -1.36. The molecule has 0 radical (unpaired) electrons. The Bertz CT molecular complexity index is 337. The molecular formula is C11H17N3O2. The highest BCUT2D eigenvalue weighted by Crippen LogP contribution is 2.18. The molecule has 0 saturated carbocycles. The first-order valence-electron chi connectivity index (χ1n) is 5.57. The van der Waals surface area contributed by atoms with Crippen molar-refractivity contribution in [3.05, 3.63) is 18.5 Å². The maximum Gasteiger partial charge on any atom is 0.248 e. The molecule has 5 nitrogen and oxygen atoms in total. The SMILES string of the molecule is COCC(=O)N1CCCC1Cn1cccn1. The summed E-state index contributed by atoms with van der Waals surface area (Å²) in [5.41, 5.74) is 0. The molecule has 5 heteroatoms. The molecule has 1 aliphatic rings. The van der Waals surface area contributed by atoms with Crippen LogP contribution in [-0.4, -0.2) is 46.9 Å². The van der Waals surface area contributed by atoms with Gasteiger partial charge in [0.1, 0.15) is 6.61 Å². The highest BCUT2D eigenvalue weighted by Gasteiger charge is 2.28. The minimum atomic E-state index is 0.0807. The number of hydrogen-bond acceptors (Lipinski definition) is 3. The number of aromatic nitrogens is 2. The van der Waals surface area contributed by atoms with E-state index in [0.717, 1.165) is 25.9 Å². The van der Waals surface area contributed by atoms with Crippen molar-refractivity contribution < 1.29 is 9.53 Å². The number of carbonyl (C=O) groups is 1. The van der Waals surface area contributed by atoms with Crippen LogP contribution in [0.3, 0.4) is 0 Å². The second-order valence-electron chi connectivity index (χ2n) is 4.04. The molecule has 1 aromatic rings. The summed E-state index contributed by atoms with van der Waals surface area (Å²) >= 11 is 0. The zero-order chi connectivity index (χ0) is 11.4. The summed E-state index contributed by atoms with van der Waals surface area (Å²) in [5.74, 6) is 0.0807. The number of ether oxygens (including phenoxy) is 1. The molecule has 88 valence electrons. The van der Waals surface area contributed by atoms with Gasteiger partial charge in [-0.3, -0.25) is 9.48 Å². The predicted octanol–water partition coefficient (Wildman–Crippen LogP) is 0.520. The van der Waals surface area contributed by atoms with Gasteiger partial charge in [-0.25, -0.2) is 0 Å². The number of likely N-dealkylation sites (tertiary alicyclic amines) is 1. The number of methoxy groups -OCH3 is 1. The van der Waals surface area contributed by atoms with Crippen LogP contribution in [-0.2, 0) is 16.1 Å².